The van der Waals surface area contributed by atoms with Gasteiger partial charge in [0, 0.05) is 12.7 Å². The van der Waals surface area contributed by atoms with Crippen molar-refractivity contribution in [1.82, 2.24) is 9.78 Å². The summed E-state index contributed by atoms with van der Waals surface area (Å²) in [5, 5.41) is 10.7. The minimum absolute atomic E-state index is 0.305. The number of carbonyl (C=O) groups is 1. The molecule has 0 spiro atoms. The minimum Gasteiger partial charge on any atom is -0.462 e. The Morgan fingerprint density at radius 3 is 2.64 bits per heavy atom. The summed E-state index contributed by atoms with van der Waals surface area (Å²) in [5.74, 6) is 0.0856. The maximum absolute atomic E-state index is 12.1. The number of anilines is 2. The molecule has 2 rings (SSSR count). The molecule has 1 aromatic carbocycles. The molecule has 0 fully saturated rings. The quantitative estimate of drug-likeness (QED) is 0.667. The molecule has 0 saturated heterocycles. The van der Waals surface area contributed by atoms with Crippen LogP contribution in [0.25, 0.3) is 0 Å². The number of nitrogens with one attached hydrogen (secondary N) is 2. The maximum atomic E-state index is 12.1. The summed E-state index contributed by atoms with van der Waals surface area (Å²) in [6.07, 6.45) is 0. The van der Waals surface area contributed by atoms with Crippen LogP contribution in [0.4, 0.5) is 11.5 Å². The van der Waals surface area contributed by atoms with Crippen molar-refractivity contribution in [1.29, 1.82) is 0 Å². The summed E-state index contributed by atoms with van der Waals surface area (Å²) in [4.78, 5) is 12.1. The van der Waals surface area contributed by atoms with Gasteiger partial charge in [-0.3, -0.25) is 4.68 Å². The van der Waals surface area contributed by atoms with E-state index in [1.54, 1.807) is 25.6 Å². The molecule has 2 aromatic rings. The third-order valence-corrected chi connectivity index (χ3v) is 3.17. The Hall–Kier alpha value is -2.41. The first-order valence-electron chi connectivity index (χ1n) is 6.86. The smallest absolute Gasteiger partial charge is 0.343 e. The molecule has 1 aromatic heterocycles. The van der Waals surface area contributed by atoms with Crippen molar-refractivity contribution in [2.75, 3.05) is 17.2 Å². The van der Waals surface area contributed by atoms with Gasteiger partial charge in [0.15, 0.2) is 5.11 Å². The Kier molecular flexibility index (Phi) is 5.11. The number of ether oxygens (including phenoxy) is 1. The Morgan fingerprint density at radius 1 is 1.32 bits per heavy atom. The van der Waals surface area contributed by atoms with Gasteiger partial charge in [0.05, 0.1) is 12.3 Å². The van der Waals surface area contributed by atoms with Crippen LogP contribution in [-0.2, 0) is 11.8 Å². The molecule has 0 atom stereocenters. The number of hydrogen-bond acceptors (Lipinski definition) is 4. The third-order valence-electron chi connectivity index (χ3n) is 2.97. The fourth-order valence-corrected chi connectivity index (χ4v) is 2.26. The van der Waals surface area contributed by atoms with Crippen LogP contribution in [-0.4, -0.2) is 27.5 Å². The fraction of sp³-hybridized carbons (Fsp3) is 0.267. The van der Waals surface area contributed by atoms with E-state index in [1.165, 1.54) is 0 Å². The van der Waals surface area contributed by atoms with Crippen molar-refractivity contribution in [2.45, 2.75) is 13.8 Å². The second-order valence-electron chi connectivity index (χ2n) is 4.60. The molecule has 1 heterocycles. The van der Waals surface area contributed by atoms with Crippen LogP contribution in [0.3, 0.4) is 0 Å². The van der Waals surface area contributed by atoms with Crippen molar-refractivity contribution in [3.8, 4) is 0 Å². The largest absolute Gasteiger partial charge is 0.462 e. The van der Waals surface area contributed by atoms with Crippen molar-refractivity contribution in [3.63, 3.8) is 0 Å². The minimum atomic E-state index is -0.418. The molecule has 0 saturated carbocycles. The Morgan fingerprint density at radius 2 is 2.00 bits per heavy atom. The van der Waals surface area contributed by atoms with Gasteiger partial charge >= 0.3 is 5.97 Å². The van der Waals surface area contributed by atoms with Gasteiger partial charge in [-0.1, -0.05) is 18.2 Å². The standard InChI is InChI=1S/C15H18N4O2S/c1-4-21-14(20)12-10(2)18-19(3)13(12)17-15(22)16-11-8-6-5-7-9-11/h5-9H,4H2,1-3H3,(H2,16,17,22). The first-order chi connectivity index (χ1) is 10.5. The summed E-state index contributed by atoms with van der Waals surface area (Å²) in [5.41, 5.74) is 1.84. The number of aromatic nitrogens is 2. The van der Waals surface area contributed by atoms with Crippen LogP contribution in [0.1, 0.15) is 23.0 Å². The summed E-state index contributed by atoms with van der Waals surface area (Å²) in [7, 11) is 1.74. The molecule has 0 unspecified atom stereocenters. The molecule has 6 nitrogen and oxygen atoms in total. The summed E-state index contributed by atoms with van der Waals surface area (Å²) in [6.45, 7) is 3.82. The van der Waals surface area contributed by atoms with E-state index in [1.807, 2.05) is 30.3 Å². The van der Waals surface area contributed by atoms with E-state index < -0.39 is 5.97 Å². The number of carbonyl (C=O) groups excluding carboxylic acids is 1. The third kappa shape index (κ3) is 3.62. The molecule has 2 N–H and O–H groups in total. The van der Waals surface area contributed by atoms with Gasteiger partial charge in [0.25, 0.3) is 0 Å². The van der Waals surface area contributed by atoms with E-state index in [4.69, 9.17) is 17.0 Å². The first-order valence-corrected chi connectivity index (χ1v) is 7.27. The molecule has 0 aliphatic carbocycles. The van der Waals surface area contributed by atoms with E-state index in [-0.39, 0.29) is 0 Å². The number of nitrogens with zero attached hydrogens (tertiary/aromatic N) is 2. The highest BCUT2D eigenvalue weighted by molar-refractivity contribution is 7.80. The van der Waals surface area contributed by atoms with Gasteiger partial charge in [-0.25, -0.2) is 4.79 Å². The maximum Gasteiger partial charge on any atom is 0.343 e. The highest BCUT2D eigenvalue weighted by atomic mass is 32.1. The van der Waals surface area contributed by atoms with E-state index >= 15 is 0 Å². The number of para-hydroxylation sites is 1. The van der Waals surface area contributed by atoms with Crippen molar-refractivity contribution in [3.05, 3.63) is 41.6 Å². The van der Waals surface area contributed by atoms with Crippen LogP contribution in [0.5, 0.6) is 0 Å². The average Bonchev–Trinajstić information content (AvgIpc) is 2.74. The van der Waals surface area contributed by atoms with Crippen molar-refractivity contribution >= 4 is 34.8 Å². The Bertz CT molecular complexity index is 682. The van der Waals surface area contributed by atoms with E-state index in [2.05, 4.69) is 15.7 Å². The fourth-order valence-electron chi connectivity index (χ4n) is 2.04. The zero-order valence-corrected chi connectivity index (χ0v) is 13.5. The monoisotopic (exact) mass is 318 g/mol. The predicted octanol–water partition coefficient (Wildman–Crippen LogP) is 2.71. The average molecular weight is 318 g/mol. The second kappa shape index (κ2) is 7.04. The van der Waals surface area contributed by atoms with Crippen LogP contribution in [0.2, 0.25) is 0 Å². The lowest BCUT2D eigenvalue weighted by molar-refractivity contribution is 0.0526. The zero-order chi connectivity index (χ0) is 16.1. The first kappa shape index (κ1) is 16.0. The van der Waals surface area contributed by atoms with Crippen LogP contribution >= 0.6 is 12.2 Å². The number of thiocarbonyl (C=S) groups is 1. The molecule has 0 aliphatic rings. The number of hydrogen-bond donors (Lipinski definition) is 2. The van der Waals surface area contributed by atoms with Gasteiger partial charge in [-0.15, -0.1) is 0 Å². The molecule has 0 aliphatic heterocycles. The summed E-state index contributed by atoms with van der Waals surface area (Å²) < 4.78 is 6.64. The van der Waals surface area contributed by atoms with Gasteiger partial charge in [-0.2, -0.15) is 5.10 Å². The van der Waals surface area contributed by atoms with Crippen LogP contribution < -0.4 is 10.6 Å². The molecule has 116 valence electrons. The summed E-state index contributed by atoms with van der Waals surface area (Å²) >= 11 is 5.28. The molecule has 7 heteroatoms. The highest BCUT2D eigenvalue weighted by Crippen LogP contribution is 2.20. The van der Waals surface area contributed by atoms with Crippen LogP contribution in [0, 0.1) is 6.92 Å². The number of esters is 1. The van der Waals surface area contributed by atoms with Crippen molar-refractivity contribution in [2.24, 2.45) is 7.05 Å². The number of rotatable bonds is 4. The molecule has 22 heavy (non-hydrogen) atoms. The van der Waals surface area contributed by atoms with Crippen LogP contribution in [0.15, 0.2) is 30.3 Å². The van der Waals surface area contributed by atoms with E-state index in [0.29, 0.717) is 28.8 Å². The van der Waals surface area contributed by atoms with Gasteiger partial charge in [0.2, 0.25) is 0 Å². The molecular formula is C15H18N4O2S. The number of benzene rings is 1. The van der Waals surface area contributed by atoms with Gasteiger partial charge < -0.3 is 15.4 Å². The lowest BCUT2D eigenvalue weighted by atomic mass is 10.2. The van der Waals surface area contributed by atoms with E-state index in [9.17, 15) is 4.79 Å². The van der Waals surface area contributed by atoms with Crippen molar-refractivity contribution < 1.29 is 9.53 Å². The molecular weight excluding hydrogens is 300 g/mol. The SMILES string of the molecule is CCOC(=O)c1c(C)nn(C)c1NC(=S)Nc1ccccc1. The molecule has 0 bridgehead atoms. The highest BCUT2D eigenvalue weighted by Gasteiger charge is 2.22. The number of aryl methyl sites for hydroxylation is 2. The second-order valence-corrected chi connectivity index (χ2v) is 5.01. The zero-order valence-electron chi connectivity index (χ0n) is 12.7. The van der Waals surface area contributed by atoms with Gasteiger partial charge in [-0.05, 0) is 38.2 Å². The predicted molar refractivity (Wildman–Crippen MR) is 90.2 cm³/mol. The van der Waals surface area contributed by atoms with E-state index in [0.717, 1.165) is 5.69 Å². The Balaban J connectivity index is 2.18. The molecule has 0 amide bonds. The lowest BCUT2D eigenvalue weighted by Gasteiger charge is -2.12. The molecule has 0 radical (unpaired) electrons. The normalized spacial score (nSPS) is 10.1. The van der Waals surface area contributed by atoms with Gasteiger partial charge in [0.1, 0.15) is 11.4 Å². The Labute approximate surface area is 134 Å². The topological polar surface area (TPSA) is 68.2 Å². The lowest BCUT2D eigenvalue weighted by Crippen LogP contribution is -2.22. The summed E-state index contributed by atoms with van der Waals surface area (Å²) in [6, 6.07) is 9.53.